The van der Waals surface area contributed by atoms with E-state index in [-0.39, 0.29) is 17.8 Å². The van der Waals surface area contributed by atoms with Gasteiger partial charge in [0.25, 0.3) is 11.6 Å². The van der Waals surface area contributed by atoms with Crippen molar-refractivity contribution in [1.29, 1.82) is 0 Å². The molecule has 1 atom stereocenters. The van der Waals surface area contributed by atoms with Crippen LogP contribution in [0.25, 0.3) is 0 Å². The fourth-order valence-corrected chi connectivity index (χ4v) is 2.14. The number of amides is 1. The second-order valence-corrected chi connectivity index (χ2v) is 5.36. The highest BCUT2D eigenvalue weighted by Crippen LogP contribution is 2.24. The number of non-ortho nitro benzene ring substituents is 1. The van der Waals surface area contributed by atoms with Gasteiger partial charge in [-0.1, -0.05) is 6.92 Å². The molecule has 0 radical (unpaired) electrons. The molecular weight excluding hydrogens is 344 g/mol. The molecule has 0 fully saturated rings. The zero-order valence-corrected chi connectivity index (χ0v) is 13.2. The summed E-state index contributed by atoms with van der Waals surface area (Å²) >= 11 is 3.19. The molecular formula is C13H15BrN2O5. The zero-order chi connectivity index (χ0) is 16.2. The molecule has 1 aromatic carbocycles. The number of carboxylic acids is 1. The van der Waals surface area contributed by atoms with E-state index in [4.69, 9.17) is 5.11 Å². The Balaban J connectivity index is 3.07. The fourth-order valence-electron chi connectivity index (χ4n) is 1.73. The van der Waals surface area contributed by atoms with Crippen LogP contribution in [0.2, 0.25) is 0 Å². The molecule has 0 aromatic heterocycles. The number of halogens is 1. The smallest absolute Gasteiger partial charge is 0.308 e. The predicted molar refractivity (Wildman–Crippen MR) is 79.2 cm³/mol. The highest BCUT2D eigenvalue weighted by molar-refractivity contribution is 9.10. The maximum Gasteiger partial charge on any atom is 0.308 e. The molecule has 8 heteroatoms. The van der Waals surface area contributed by atoms with Crippen molar-refractivity contribution < 1.29 is 19.6 Å². The first kappa shape index (κ1) is 17.1. The quantitative estimate of drug-likeness (QED) is 0.621. The number of rotatable bonds is 6. The largest absolute Gasteiger partial charge is 0.481 e. The standard InChI is InChI=1S/C13H15BrN2O5/c1-3-15(7-8(2)13(18)19)12(17)10-6-9(16(20)21)4-5-11(10)14/h4-6,8H,3,7H2,1-2H3,(H,18,19). The van der Waals surface area contributed by atoms with Gasteiger partial charge in [0.15, 0.2) is 0 Å². The number of hydrogen-bond acceptors (Lipinski definition) is 4. The normalized spacial score (nSPS) is 11.8. The Kier molecular flexibility index (Phi) is 5.83. The molecule has 21 heavy (non-hydrogen) atoms. The second-order valence-electron chi connectivity index (χ2n) is 4.50. The van der Waals surface area contributed by atoms with Gasteiger partial charge >= 0.3 is 5.97 Å². The Labute approximate surface area is 129 Å². The van der Waals surface area contributed by atoms with E-state index in [0.29, 0.717) is 11.0 Å². The van der Waals surface area contributed by atoms with Gasteiger partial charge in [-0.15, -0.1) is 0 Å². The average Bonchev–Trinajstić information content (AvgIpc) is 2.43. The Hall–Kier alpha value is -1.96. The van der Waals surface area contributed by atoms with Gasteiger partial charge < -0.3 is 10.0 Å². The van der Waals surface area contributed by atoms with Crippen LogP contribution >= 0.6 is 15.9 Å². The number of aliphatic carboxylic acids is 1. The van der Waals surface area contributed by atoms with Crippen LogP contribution in [0, 0.1) is 16.0 Å². The lowest BCUT2D eigenvalue weighted by Gasteiger charge is -2.23. The minimum Gasteiger partial charge on any atom is -0.481 e. The molecule has 114 valence electrons. The number of benzene rings is 1. The summed E-state index contributed by atoms with van der Waals surface area (Å²) in [7, 11) is 0. The van der Waals surface area contributed by atoms with Crippen molar-refractivity contribution in [3.63, 3.8) is 0 Å². The highest BCUT2D eigenvalue weighted by atomic mass is 79.9. The molecule has 1 N–H and O–H groups in total. The Morgan fingerprint density at radius 1 is 1.48 bits per heavy atom. The second kappa shape index (κ2) is 7.16. The molecule has 0 heterocycles. The lowest BCUT2D eigenvalue weighted by molar-refractivity contribution is -0.384. The summed E-state index contributed by atoms with van der Waals surface area (Å²) in [5.74, 6) is -2.16. The van der Waals surface area contributed by atoms with Crippen LogP contribution in [0.4, 0.5) is 5.69 Å². The molecule has 1 aromatic rings. The maximum absolute atomic E-state index is 12.4. The Morgan fingerprint density at radius 2 is 2.10 bits per heavy atom. The van der Waals surface area contributed by atoms with Gasteiger partial charge in [0.2, 0.25) is 0 Å². The van der Waals surface area contributed by atoms with Crippen LogP contribution in [0.5, 0.6) is 0 Å². The monoisotopic (exact) mass is 358 g/mol. The molecule has 1 rings (SSSR count). The van der Waals surface area contributed by atoms with Gasteiger partial charge in [-0.3, -0.25) is 19.7 Å². The first-order chi connectivity index (χ1) is 9.77. The molecule has 0 saturated heterocycles. The molecule has 0 spiro atoms. The molecule has 1 unspecified atom stereocenters. The summed E-state index contributed by atoms with van der Waals surface area (Å²) in [4.78, 5) is 34.8. The fraction of sp³-hybridized carbons (Fsp3) is 0.385. The SMILES string of the molecule is CCN(CC(C)C(=O)O)C(=O)c1cc([N+](=O)[O-])ccc1Br. The summed E-state index contributed by atoms with van der Waals surface area (Å²) in [5, 5.41) is 19.7. The third kappa shape index (κ3) is 4.25. The number of nitrogens with zero attached hydrogens (tertiary/aromatic N) is 2. The summed E-state index contributed by atoms with van der Waals surface area (Å²) in [5.41, 5.74) is -0.0486. The van der Waals surface area contributed by atoms with Crippen LogP contribution < -0.4 is 0 Å². The van der Waals surface area contributed by atoms with Gasteiger partial charge in [0, 0.05) is 29.7 Å². The summed E-state index contributed by atoms with van der Waals surface area (Å²) in [6.45, 7) is 3.57. The van der Waals surface area contributed by atoms with Crippen molar-refractivity contribution in [1.82, 2.24) is 4.90 Å². The molecule has 0 aliphatic carbocycles. The topological polar surface area (TPSA) is 101 Å². The number of hydrogen-bond donors (Lipinski definition) is 1. The van der Waals surface area contributed by atoms with Crippen LogP contribution in [0.15, 0.2) is 22.7 Å². The molecule has 7 nitrogen and oxygen atoms in total. The van der Waals surface area contributed by atoms with E-state index in [1.54, 1.807) is 6.92 Å². The van der Waals surface area contributed by atoms with Crippen LogP contribution in [-0.2, 0) is 4.79 Å². The van der Waals surface area contributed by atoms with Crippen LogP contribution in [-0.4, -0.2) is 39.9 Å². The van der Waals surface area contributed by atoms with Gasteiger partial charge in [-0.2, -0.15) is 0 Å². The minimum atomic E-state index is -1.00. The number of carboxylic acid groups (broad SMARTS) is 1. The lowest BCUT2D eigenvalue weighted by Crippen LogP contribution is -2.37. The van der Waals surface area contributed by atoms with Crippen LogP contribution in [0.1, 0.15) is 24.2 Å². The van der Waals surface area contributed by atoms with E-state index >= 15 is 0 Å². The van der Waals surface area contributed by atoms with E-state index in [0.717, 1.165) is 0 Å². The number of nitro groups is 1. The lowest BCUT2D eigenvalue weighted by atomic mass is 10.1. The third-order valence-corrected chi connectivity index (χ3v) is 3.67. The van der Waals surface area contributed by atoms with Gasteiger partial charge in [0.1, 0.15) is 0 Å². The summed E-state index contributed by atoms with van der Waals surface area (Å²) < 4.78 is 0.430. The Bertz CT molecular complexity index is 576. The van der Waals surface area contributed by atoms with Crippen molar-refractivity contribution in [2.24, 2.45) is 5.92 Å². The number of carbonyl (C=O) groups excluding carboxylic acids is 1. The minimum absolute atomic E-state index is 0.0415. The van der Waals surface area contributed by atoms with Crippen molar-refractivity contribution >= 4 is 33.5 Å². The first-order valence-corrected chi connectivity index (χ1v) is 7.03. The van der Waals surface area contributed by atoms with Crippen molar-refractivity contribution in [2.45, 2.75) is 13.8 Å². The summed E-state index contributed by atoms with van der Waals surface area (Å²) in [6, 6.07) is 3.90. The van der Waals surface area contributed by atoms with E-state index in [1.807, 2.05) is 0 Å². The van der Waals surface area contributed by atoms with Crippen molar-refractivity contribution in [2.75, 3.05) is 13.1 Å². The zero-order valence-electron chi connectivity index (χ0n) is 11.6. The highest BCUT2D eigenvalue weighted by Gasteiger charge is 2.23. The summed E-state index contributed by atoms with van der Waals surface area (Å²) in [6.07, 6.45) is 0. The van der Waals surface area contributed by atoms with Gasteiger partial charge in [0.05, 0.1) is 16.4 Å². The van der Waals surface area contributed by atoms with E-state index in [2.05, 4.69) is 15.9 Å². The number of nitro benzene ring substituents is 1. The Morgan fingerprint density at radius 3 is 2.57 bits per heavy atom. The van der Waals surface area contributed by atoms with E-state index in [9.17, 15) is 19.7 Å². The van der Waals surface area contributed by atoms with Crippen LogP contribution in [0.3, 0.4) is 0 Å². The molecule has 1 amide bonds. The van der Waals surface area contributed by atoms with Crippen molar-refractivity contribution in [3.8, 4) is 0 Å². The number of carbonyl (C=O) groups is 2. The molecule has 0 bridgehead atoms. The van der Waals surface area contributed by atoms with E-state index < -0.39 is 22.7 Å². The van der Waals surface area contributed by atoms with Gasteiger partial charge in [-0.25, -0.2) is 0 Å². The maximum atomic E-state index is 12.4. The third-order valence-electron chi connectivity index (χ3n) is 2.98. The van der Waals surface area contributed by atoms with E-state index in [1.165, 1.54) is 30.0 Å². The molecule has 0 aliphatic rings. The first-order valence-electron chi connectivity index (χ1n) is 6.24. The van der Waals surface area contributed by atoms with Crippen molar-refractivity contribution in [3.05, 3.63) is 38.3 Å². The molecule has 0 aliphatic heterocycles. The van der Waals surface area contributed by atoms with Gasteiger partial charge in [-0.05, 0) is 28.9 Å². The molecule has 0 saturated carbocycles. The predicted octanol–water partition coefficient (Wildman–Crippen LogP) is 2.54. The average molecular weight is 359 g/mol.